The molecule has 5 rings (SSSR count). The van der Waals surface area contributed by atoms with Crippen molar-refractivity contribution in [2.45, 2.75) is 30.6 Å². The average Bonchev–Trinajstić information content (AvgIpc) is 3.22. The summed E-state index contributed by atoms with van der Waals surface area (Å²) < 4.78 is 27.8. The van der Waals surface area contributed by atoms with Crippen LogP contribution in [0, 0.1) is 0 Å². The molecule has 2 aromatic carbocycles. The van der Waals surface area contributed by atoms with E-state index in [1.165, 1.54) is 27.6 Å². The molecule has 2 heterocycles. The summed E-state index contributed by atoms with van der Waals surface area (Å²) in [6.07, 6.45) is 4.54. The van der Waals surface area contributed by atoms with Crippen molar-refractivity contribution in [3.63, 3.8) is 0 Å². The van der Waals surface area contributed by atoms with Gasteiger partial charge < -0.3 is 4.90 Å². The maximum atomic E-state index is 13.1. The van der Waals surface area contributed by atoms with E-state index >= 15 is 0 Å². The molecule has 0 bridgehead atoms. The number of piperazine rings is 1. The lowest BCUT2D eigenvalue weighted by molar-refractivity contribution is 0.0702. The predicted molar refractivity (Wildman–Crippen MR) is 120 cm³/mol. The zero-order valence-corrected chi connectivity index (χ0v) is 18.3. The minimum Gasteiger partial charge on any atom is -0.335 e. The highest BCUT2D eigenvalue weighted by Crippen LogP contribution is 2.31. The lowest BCUT2D eigenvalue weighted by atomic mass is 9.99. The minimum atomic E-state index is -3.57. The molecule has 0 atom stereocenters. The van der Waals surface area contributed by atoms with Gasteiger partial charge in [0.15, 0.2) is 0 Å². The third-order valence-electron chi connectivity index (χ3n) is 6.09. The Balaban J connectivity index is 1.29. The molecule has 0 N–H and O–H groups in total. The number of carbonyl (C=O) groups is 1. The first-order chi connectivity index (χ1) is 14.5. The predicted octanol–water partition coefficient (Wildman–Crippen LogP) is 3.93. The smallest absolute Gasteiger partial charge is 0.264 e. The van der Waals surface area contributed by atoms with Crippen LogP contribution in [0.25, 0.3) is 10.8 Å². The van der Waals surface area contributed by atoms with Gasteiger partial charge in [0, 0.05) is 31.1 Å². The third-order valence-corrected chi connectivity index (χ3v) is 9.21. The van der Waals surface area contributed by atoms with E-state index in [0.717, 1.165) is 28.5 Å². The number of benzene rings is 2. The number of hydrogen-bond donors (Lipinski definition) is 0. The number of sulfonamides is 1. The summed E-state index contributed by atoms with van der Waals surface area (Å²) in [5.74, 6) is 0.0390. The van der Waals surface area contributed by atoms with Crippen LogP contribution in [0.1, 0.15) is 33.0 Å². The van der Waals surface area contributed by atoms with Crippen LogP contribution in [0.4, 0.5) is 0 Å². The van der Waals surface area contributed by atoms with E-state index in [-0.39, 0.29) is 5.91 Å². The zero-order chi connectivity index (χ0) is 20.7. The Labute approximate surface area is 181 Å². The fraction of sp³-hybridized carbons (Fsp3) is 0.348. The Hall–Kier alpha value is -2.22. The molecule has 1 amide bonds. The second kappa shape index (κ2) is 7.80. The fourth-order valence-electron chi connectivity index (χ4n) is 4.36. The van der Waals surface area contributed by atoms with Crippen molar-refractivity contribution in [1.29, 1.82) is 0 Å². The topological polar surface area (TPSA) is 57.7 Å². The highest BCUT2D eigenvalue weighted by molar-refractivity contribution is 7.89. The number of amides is 1. The van der Waals surface area contributed by atoms with Crippen molar-refractivity contribution in [2.75, 3.05) is 26.2 Å². The molecule has 156 valence electrons. The Morgan fingerprint density at radius 1 is 0.867 bits per heavy atom. The van der Waals surface area contributed by atoms with Gasteiger partial charge in [-0.05, 0) is 60.2 Å². The molecule has 3 aromatic rings. The minimum absolute atomic E-state index is 0.0390. The molecule has 7 heteroatoms. The third kappa shape index (κ3) is 3.55. The molecule has 0 radical (unpaired) electrons. The van der Waals surface area contributed by atoms with Crippen molar-refractivity contribution in [3.05, 3.63) is 63.8 Å². The van der Waals surface area contributed by atoms with E-state index < -0.39 is 10.0 Å². The molecule has 1 fully saturated rings. The van der Waals surface area contributed by atoms with Crippen LogP contribution in [0.5, 0.6) is 0 Å². The molecular formula is C23H24N2O3S2. The number of carbonyl (C=O) groups excluding carboxylic acids is 1. The van der Waals surface area contributed by atoms with Crippen LogP contribution < -0.4 is 0 Å². The quantitative estimate of drug-likeness (QED) is 0.620. The normalized spacial score (nSPS) is 17.8. The zero-order valence-electron chi connectivity index (χ0n) is 16.7. The van der Waals surface area contributed by atoms with Crippen molar-refractivity contribution < 1.29 is 13.2 Å². The average molecular weight is 441 g/mol. The highest BCUT2D eigenvalue weighted by Gasteiger charge is 2.31. The lowest BCUT2D eigenvalue weighted by Crippen LogP contribution is -2.50. The Kier molecular flexibility index (Phi) is 5.13. The van der Waals surface area contributed by atoms with Crippen LogP contribution in [-0.2, 0) is 22.9 Å². The first-order valence-corrected chi connectivity index (χ1v) is 12.7. The van der Waals surface area contributed by atoms with Gasteiger partial charge in [-0.15, -0.1) is 11.3 Å². The fourth-order valence-corrected chi connectivity index (χ4v) is 7.04. The number of hydrogen-bond acceptors (Lipinski definition) is 4. The largest absolute Gasteiger partial charge is 0.335 e. The first kappa shape index (κ1) is 19.7. The lowest BCUT2D eigenvalue weighted by Gasteiger charge is -2.33. The monoisotopic (exact) mass is 440 g/mol. The highest BCUT2D eigenvalue weighted by atomic mass is 32.2. The van der Waals surface area contributed by atoms with Gasteiger partial charge in [-0.25, -0.2) is 8.42 Å². The number of nitrogens with zero attached hydrogens (tertiary/aromatic N) is 2. The molecule has 0 unspecified atom stereocenters. The molecule has 0 saturated carbocycles. The second-order valence-electron chi connectivity index (χ2n) is 7.97. The van der Waals surface area contributed by atoms with E-state index in [0.29, 0.717) is 31.1 Å². The molecule has 2 aliphatic rings. The molecule has 1 aliphatic heterocycles. The van der Waals surface area contributed by atoms with Gasteiger partial charge in [-0.3, -0.25) is 4.79 Å². The maximum Gasteiger partial charge on any atom is 0.264 e. The Morgan fingerprint density at radius 2 is 1.60 bits per heavy atom. The number of fused-ring (bicyclic) bond motifs is 2. The molecule has 0 spiro atoms. The van der Waals surface area contributed by atoms with E-state index in [2.05, 4.69) is 6.07 Å². The summed E-state index contributed by atoms with van der Waals surface area (Å²) in [4.78, 5) is 17.2. The summed E-state index contributed by atoms with van der Waals surface area (Å²) >= 11 is 1.62. The maximum absolute atomic E-state index is 13.1. The van der Waals surface area contributed by atoms with Crippen LogP contribution in [0.15, 0.2) is 53.4 Å². The van der Waals surface area contributed by atoms with Crippen molar-refractivity contribution in [1.82, 2.24) is 9.21 Å². The molecule has 5 nitrogen and oxygen atoms in total. The van der Waals surface area contributed by atoms with Crippen LogP contribution in [-0.4, -0.2) is 49.7 Å². The van der Waals surface area contributed by atoms with E-state index in [1.807, 2.05) is 30.3 Å². The summed E-state index contributed by atoms with van der Waals surface area (Å²) in [5, 5.41) is 1.93. The van der Waals surface area contributed by atoms with Gasteiger partial charge >= 0.3 is 0 Å². The van der Waals surface area contributed by atoms with Crippen LogP contribution >= 0.6 is 11.3 Å². The Morgan fingerprint density at radius 3 is 2.37 bits per heavy atom. The van der Waals surface area contributed by atoms with Crippen LogP contribution in [0.2, 0.25) is 0 Å². The molecule has 1 saturated heterocycles. The molecular weight excluding hydrogens is 416 g/mol. The number of rotatable bonds is 3. The van der Waals surface area contributed by atoms with Gasteiger partial charge in [-0.2, -0.15) is 4.31 Å². The summed E-state index contributed by atoms with van der Waals surface area (Å²) in [6.45, 7) is 1.50. The SMILES string of the molecule is O=C(c1cc2c(s1)CCCC2)N1CCN(S(=O)(=O)c2ccc3ccccc3c2)CC1. The van der Waals surface area contributed by atoms with Gasteiger partial charge in [0.25, 0.3) is 5.91 Å². The second-order valence-corrected chi connectivity index (χ2v) is 11.0. The number of aryl methyl sites for hydroxylation is 2. The van der Waals surface area contributed by atoms with Gasteiger partial charge in [0.05, 0.1) is 9.77 Å². The molecule has 1 aliphatic carbocycles. The summed E-state index contributed by atoms with van der Waals surface area (Å²) in [5.41, 5.74) is 1.33. The van der Waals surface area contributed by atoms with Gasteiger partial charge in [0.2, 0.25) is 10.0 Å². The van der Waals surface area contributed by atoms with Crippen LogP contribution in [0.3, 0.4) is 0 Å². The summed E-state index contributed by atoms with van der Waals surface area (Å²) in [7, 11) is -3.57. The summed E-state index contributed by atoms with van der Waals surface area (Å²) in [6, 6.07) is 15.1. The number of thiophene rings is 1. The van der Waals surface area contributed by atoms with Crippen molar-refractivity contribution in [2.24, 2.45) is 0 Å². The molecule has 1 aromatic heterocycles. The Bertz CT molecular complexity index is 1180. The first-order valence-electron chi connectivity index (χ1n) is 10.4. The van der Waals surface area contributed by atoms with E-state index in [1.54, 1.807) is 28.4 Å². The van der Waals surface area contributed by atoms with Crippen molar-refractivity contribution >= 4 is 38.0 Å². The van der Waals surface area contributed by atoms with E-state index in [9.17, 15) is 13.2 Å². The molecule has 30 heavy (non-hydrogen) atoms. The van der Waals surface area contributed by atoms with E-state index in [4.69, 9.17) is 0 Å². The standard InChI is InChI=1S/C23H24N2O3S2/c26-23(22-16-19-7-3-4-8-21(19)29-22)24-11-13-25(14-12-24)30(27,28)20-10-9-17-5-1-2-6-18(17)15-20/h1-2,5-6,9-10,15-16H,3-4,7-8,11-14H2. The van der Waals surface area contributed by atoms with Gasteiger partial charge in [0.1, 0.15) is 0 Å². The van der Waals surface area contributed by atoms with Crippen molar-refractivity contribution in [3.8, 4) is 0 Å². The van der Waals surface area contributed by atoms with Gasteiger partial charge in [-0.1, -0.05) is 30.3 Å².